The molecule has 0 bridgehead atoms. The first-order valence-electron chi connectivity index (χ1n) is 8.40. The van der Waals surface area contributed by atoms with Crippen molar-refractivity contribution >= 4 is 8.25 Å². The van der Waals surface area contributed by atoms with Crippen molar-refractivity contribution in [2.24, 2.45) is 0 Å². The SMILES string of the molecule is CCCCCCC(C)O[P+](=O)OC(C)CCCCCC.[Co+3]. The molecule has 0 aromatic carbocycles. The fraction of sp³-hybridized carbons (Fsp3) is 1.00. The van der Waals surface area contributed by atoms with Gasteiger partial charge in [-0.05, 0) is 26.7 Å². The van der Waals surface area contributed by atoms with Gasteiger partial charge in [0, 0.05) is 4.57 Å². The van der Waals surface area contributed by atoms with E-state index in [1.807, 2.05) is 13.8 Å². The number of unbranched alkanes of at least 4 members (excludes halogenated alkanes) is 6. The molecule has 0 aromatic rings. The normalized spacial score (nSPS) is 14.4. The molecule has 0 radical (unpaired) electrons. The zero-order chi connectivity index (χ0) is 15.2. The molecule has 3 nitrogen and oxygen atoms in total. The van der Waals surface area contributed by atoms with E-state index in [4.69, 9.17) is 9.05 Å². The van der Waals surface area contributed by atoms with Crippen LogP contribution in [-0.4, -0.2) is 12.2 Å². The van der Waals surface area contributed by atoms with E-state index in [9.17, 15) is 4.57 Å². The molecule has 0 saturated heterocycles. The van der Waals surface area contributed by atoms with E-state index in [0.717, 1.165) is 25.7 Å². The van der Waals surface area contributed by atoms with Crippen molar-refractivity contribution in [3.8, 4) is 0 Å². The van der Waals surface area contributed by atoms with Gasteiger partial charge in [-0.25, -0.2) is 0 Å². The van der Waals surface area contributed by atoms with E-state index in [1.165, 1.54) is 38.5 Å². The third-order valence-corrected chi connectivity index (χ3v) is 4.52. The molecule has 0 N–H and O–H groups in total. The number of rotatable bonds is 14. The van der Waals surface area contributed by atoms with Gasteiger partial charge in [0.2, 0.25) is 0 Å². The predicted octanol–water partition coefficient (Wildman–Crippen LogP) is 6.39. The second-order valence-corrected chi connectivity index (χ2v) is 6.62. The van der Waals surface area contributed by atoms with Crippen LogP contribution in [0, 0.1) is 0 Å². The Labute approximate surface area is 143 Å². The standard InChI is InChI=1S/C16H34O3P.Co/c1-5-7-9-11-13-15(3)18-20(17)19-16(4)14-12-10-8-6-2;/h15-16H,5-14H2,1-4H3;/q+1;+3. The van der Waals surface area contributed by atoms with Crippen LogP contribution in [0.1, 0.15) is 91.9 Å². The van der Waals surface area contributed by atoms with Crippen molar-refractivity contribution in [2.75, 3.05) is 0 Å². The van der Waals surface area contributed by atoms with Crippen LogP contribution >= 0.6 is 8.25 Å². The molecule has 0 amide bonds. The van der Waals surface area contributed by atoms with Crippen LogP contribution in [0.25, 0.3) is 0 Å². The Balaban J connectivity index is 0. The number of hydrogen-bond acceptors (Lipinski definition) is 3. The average Bonchev–Trinajstić information content (AvgIpc) is 2.39. The van der Waals surface area contributed by atoms with Crippen LogP contribution in [-0.2, 0) is 30.4 Å². The Morgan fingerprint density at radius 1 is 0.762 bits per heavy atom. The van der Waals surface area contributed by atoms with Gasteiger partial charge < -0.3 is 0 Å². The summed E-state index contributed by atoms with van der Waals surface area (Å²) in [6.45, 7) is 8.36. The molecule has 0 fully saturated rings. The van der Waals surface area contributed by atoms with E-state index >= 15 is 0 Å². The summed E-state index contributed by atoms with van der Waals surface area (Å²) in [6, 6.07) is 0. The Hall–Kier alpha value is 0.526. The predicted molar refractivity (Wildman–Crippen MR) is 86.2 cm³/mol. The molecular weight excluding hydrogens is 330 g/mol. The van der Waals surface area contributed by atoms with Crippen LogP contribution in [0.4, 0.5) is 0 Å². The van der Waals surface area contributed by atoms with Crippen LogP contribution in [0.5, 0.6) is 0 Å². The molecule has 0 spiro atoms. The summed E-state index contributed by atoms with van der Waals surface area (Å²) in [5.74, 6) is 0. The summed E-state index contributed by atoms with van der Waals surface area (Å²) in [5, 5.41) is 0. The zero-order valence-corrected chi connectivity index (χ0v) is 16.2. The van der Waals surface area contributed by atoms with E-state index in [0.29, 0.717) is 0 Å². The second-order valence-electron chi connectivity index (χ2n) is 5.75. The zero-order valence-electron chi connectivity index (χ0n) is 14.2. The Morgan fingerprint density at radius 2 is 1.14 bits per heavy atom. The van der Waals surface area contributed by atoms with Crippen molar-refractivity contribution in [3.05, 3.63) is 0 Å². The summed E-state index contributed by atoms with van der Waals surface area (Å²) < 4.78 is 22.6. The summed E-state index contributed by atoms with van der Waals surface area (Å²) in [4.78, 5) is 0. The minimum Gasteiger partial charge on any atom is -0.116 e. The van der Waals surface area contributed by atoms with E-state index in [2.05, 4.69) is 13.8 Å². The van der Waals surface area contributed by atoms with Gasteiger partial charge in [0.25, 0.3) is 0 Å². The van der Waals surface area contributed by atoms with Gasteiger partial charge in [-0.1, -0.05) is 65.2 Å². The van der Waals surface area contributed by atoms with Crippen molar-refractivity contribution in [2.45, 2.75) is 104 Å². The maximum atomic E-state index is 11.7. The molecule has 5 heteroatoms. The second kappa shape index (κ2) is 16.9. The van der Waals surface area contributed by atoms with Crippen LogP contribution in [0.3, 0.4) is 0 Å². The fourth-order valence-corrected chi connectivity index (χ4v) is 2.99. The van der Waals surface area contributed by atoms with Crippen molar-refractivity contribution in [1.82, 2.24) is 0 Å². The molecular formula is C16H34CoO3P+4. The Morgan fingerprint density at radius 3 is 1.48 bits per heavy atom. The maximum Gasteiger partial charge on any atom is 3.00 e. The molecule has 0 aromatic heterocycles. The third-order valence-electron chi connectivity index (χ3n) is 3.46. The summed E-state index contributed by atoms with van der Waals surface area (Å²) in [7, 11) is -1.96. The molecule has 2 atom stereocenters. The average molecular weight is 364 g/mol. The molecule has 21 heavy (non-hydrogen) atoms. The smallest absolute Gasteiger partial charge is 0.116 e. The largest absolute Gasteiger partial charge is 3.00 e. The van der Waals surface area contributed by atoms with E-state index in [1.54, 1.807) is 0 Å². The van der Waals surface area contributed by atoms with E-state index in [-0.39, 0.29) is 29.0 Å². The molecule has 0 aliphatic carbocycles. The quantitative estimate of drug-likeness (QED) is 0.264. The molecule has 0 heterocycles. The first-order valence-corrected chi connectivity index (χ1v) is 9.50. The van der Waals surface area contributed by atoms with Crippen molar-refractivity contribution in [1.29, 1.82) is 0 Å². The number of hydrogen-bond donors (Lipinski definition) is 0. The third kappa shape index (κ3) is 16.7. The van der Waals surface area contributed by atoms with E-state index < -0.39 is 8.25 Å². The van der Waals surface area contributed by atoms with Gasteiger partial charge in [0.1, 0.15) is 12.2 Å². The topological polar surface area (TPSA) is 35.5 Å². The van der Waals surface area contributed by atoms with Gasteiger partial charge in [-0.3, -0.25) is 0 Å². The minimum absolute atomic E-state index is 0. The van der Waals surface area contributed by atoms with Gasteiger partial charge in [-0.15, -0.1) is 9.05 Å². The summed E-state index contributed by atoms with van der Waals surface area (Å²) in [5.41, 5.74) is 0. The molecule has 0 rings (SSSR count). The first kappa shape index (κ1) is 23.8. The molecule has 0 aliphatic rings. The van der Waals surface area contributed by atoms with Crippen LogP contribution < -0.4 is 0 Å². The van der Waals surface area contributed by atoms with Crippen LogP contribution in [0.2, 0.25) is 0 Å². The monoisotopic (exact) mass is 364 g/mol. The fourth-order valence-electron chi connectivity index (χ4n) is 2.14. The maximum absolute atomic E-state index is 11.7. The summed E-state index contributed by atoms with van der Waals surface area (Å²) >= 11 is 0. The first-order chi connectivity index (χ1) is 9.60. The molecule has 0 saturated carbocycles. The van der Waals surface area contributed by atoms with Crippen LogP contribution in [0.15, 0.2) is 0 Å². The molecule has 2 unspecified atom stereocenters. The Bertz CT molecular complexity index is 218. The van der Waals surface area contributed by atoms with Crippen molar-refractivity contribution in [3.63, 3.8) is 0 Å². The van der Waals surface area contributed by atoms with Gasteiger partial charge in [-0.2, -0.15) is 0 Å². The molecule has 0 aliphatic heterocycles. The van der Waals surface area contributed by atoms with Gasteiger partial charge in [0.15, 0.2) is 0 Å². The van der Waals surface area contributed by atoms with Gasteiger partial charge in [0.05, 0.1) is 0 Å². The Kier molecular flexibility index (Phi) is 19.1. The minimum atomic E-state index is -1.96. The van der Waals surface area contributed by atoms with Crippen molar-refractivity contribution < 1.29 is 30.4 Å². The summed E-state index contributed by atoms with van der Waals surface area (Å²) in [6.07, 6.45) is 11.8. The van der Waals surface area contributed by atoms with Gasteiger partial charge >= 0.3 is 25.0 Å². The molecule has 126 valence electrons.